The van der Waals surface area contributed by atoms with Gasteiger partial charge < -0.3 is 14.6 Å². The number of carbonyl (C=O) groups is 2. The number of aliphatic hydroxyl groups is 1. The number of unbranched alkanes of at least 4 members (excludes halogenated alkanes) is 2. The second-order valence-corrected chi connectivity index (χ2v) is 11.4. The molecule has 5 heteroatoms. The molecule has 0 spiro atoms. The quantitative estimate of drug-likeness (QED) is 0.154. The Labute approximate surface area is 224 Å². The van der Waals surface area contributed by atoms with Gasteiger partial charge in [-0.15, -0.1) is 0 Å². The lowest BCUT2D eigenvalue weighted by Crippen LogP contribution is -2.30. The molecule has 206 valence electrons. The van der Waals surface area contributed by atoms with Crippen molar-refractivity contribution >= 4 is 11.9 Å². The van der Waals surface area contributed by atoms with Crippen LogP contribution in [0.4, 0.5) is 0 Å². The molecule has 37 heavy (non-hydrogen) atoms. The van der Waals surface area contributed by atoms with E-state index in [0.717, 1.165) is 12.8 Å². The molecule has 0 bridgehead atoms. The summed E-state index contributed by atoms with van der Waals surface area (Å²) < 4.78 is 10.8. The Morgan fingerprint density at radius 3 is 2.14 bits per heavy atom. The van der Waals surface area contributed by atoms with Crippen molar-refractivity contribution in [3.63, 3.8) is 0 Å². The number of ether oxygens (including phenoxy) is 2. The van der Waals surface area contributed by atoms with E-state index in [2.05, 4.69) is 44.3 Å². The van der Waals surface area contributed by atoms with Gasteiger partial charge in [-0.3, -0.25) is 0 Å². The van der Waals surface area contributed by atoms with Crippen LogP contribution < -0.4 is 0 Å². The van der Waals surface area contributed by atoms with Crippen molar-refractivity contribution in [3.05, 3.63) is 59.7 Å². The highest BCUT2D eigenvalue weighted by molar-refractivity contribution is 5.89. The number of esters is 2. The van der Waals surface area contributed by atoms with Crippen LogP contribution in [0.2, 0.25) is 0 Å². The third-order valence-electron chi connectivity index (χ3n) is 7.58. The molecule has 1 aliphatic carbocycles. The molecule has 0 aromatic heterocycles. The third kappa shape index (κ3) is 10.9. The summed E-state index contributed by atoms with van der Waals surface area (Å²) in [7, 11) is 0. The maximum Gasteiger partial charge on any atom is 0.336 e. The fraction of sp³-hybridized carbons (Fsp3) is 0.625. The largest absolute Gasteiger partial charge is 0.462 e. The van der Waals surface area contributed by atoms with Gasteiger partial charge in [-0.25, -0.2) is 9.59 Å². The van der Waals surface area contributed by atoms with Crippen molar-refractivity contribution in [3.8, 4) is 0 Å². The lowest BCUT2D eigenvalue weighted by Gasteiger charge is -2.30. The van der Waals surface area contributed by atoms with Crippen molar-refractivity contribution in [1.29, 1.82) is 0 Å². The zero-order valence-electron chi connectivity index (χ0n) is 23.5. The van der Waals surface area contributed by atoms with Gasteiger partial charge in [-0.2, -0.15) is 0 Å². The Morgan fingerprint density at radius 2 is 1.59 bits per heavy atom. The second kappa shape index (κ2) is 15.1. The smallest absolute Gasteiger partial charge is 0.336 e. The number of carbonyl (C=O) groups excluding carboxylic acids is 2. The summed E-state index contributed by atoms with van der Waals surface area (Å²) in [5.74, 6) is 0.0718. The number of hydrogen-bond acceptors (Lipinski definition) is 5. The van der Waals surface area contributed by atoms with Crippen LogP contribution in [0.15, 0.2) is 48.6 Å². The van der Waals surface area contributed by atoms with Crippen molar-refractivity contribution in [2.24, 2.45) is 11.8 Å². The number of hydrogen-bond donors (Lipinski definition) is 1. The van der Waals surface area contributed by atoms with Gasteiger partial charge in [0.15, 0.2) is 0 Å². The van der Waals surface area contributed by atoms with E-state index in [4.69, 9.17) is 9.47 Å². The normalized spacial score (nSPS) is 18.6. The Bertz CT molecular complexity index is 885. The van der Waals surface area contributed by atoms with E-state index in [1.165, 1.54) is 76.3 Å². The molecule has 1 aliphatic rings. The van der Waals surface area contributed by atoms with Crippen LogP contribution >= 0.6 is 0 Å². The molecule has 1 saturated carbocycles. The van der Waals surface area contributed by atoms with Crippen molar-refractivity contribution in [2.45, 2.75) is 103 Å². The van der Waals surface area contributed by atoms with E-state index in [0.29, 0.717) is 17.4 Å². The molecule has 1 unspecified atom stereocenters. The fourth-order valence-corrected chi connectivity index (χ4v) is 4.85. The van der Waals surface area contributed by atoms with Crippen molar-refractivity contribution < 1.29 is 24.2 Å². The highest BCUT2D eigenvalue weighted by atomic mass is 16.5. The molecule has 0 aliphatic heterocycles. The first kappa shape index (κ1) is 30.8. The van der Waals surface area contributed by atoms with Gasteiger partial charge in [-0.05, 0) is 95.1 Å². The predicted octanol–water partition coefficient (Wildman–Crippen LogP) is 7.08. The molecule has 0 saturated heterocycles. The molecular weight excluding hydrogens is 464 g/mol. The molecule has 1 fully saturated rings. The summed E-state index contributed by atoms with van der Waals surface area (Å²) in [6, 6.07) is 9.27. The van der Waals surface area contributed by atoms with Gasteiger partial charge in [-0.1, -0.05) is 57.2 Å². The number of benzene rings is 1. The average Bonchev–Trinajstić information content (AvgIpc) is 2.87. The van der Waals surface area contributed by atoms with E-state index in [9.17, 15) is 14.7 Å². The van der Waals surface area contributed by atoms with E-state index < -0.39 is 17.5 Å². The molecule has 2 rings (SSSR count). The minimum Gasteiger partial charge on any atom is -0.462 e. The Balaban J connectivity index is 1.84. The van der Waals surface area contributed by atoms with E-state index in [1.54, 1.807) is 6.92 Å². The summed E-state index contributed by atoms with van der Waals surface area (Å²) in [5.41, 5.74) is 1.92. The first-order valence-electron chi connectivity index (χ1n) is 14.0. The summed E-state index contributed by atoms with van der Waals surface area (Å²) >= 11 is 0. The third-order valence-corrected chi connectivity index (χ3v) is 7.58. The maximum absolute atomic E-state index is 12.3. The summed E-state index contributed by atoms with van der Waals surface area (Å²) in [6.07, 6.45) is 11.5. The van der Waals surface area contributed by atoms with Crippen LogP contribution in [0.5, 0.6) is 0 Å². The standard InChI is InChI=1S/C32H48O5/c1-7-8-9-10-25-13-17-28(18-14-25)29-19-15-26(16-20-29)11-12-27(21-36-30(33)23(2)3)22-37-31(34)24(4)32(5,6)35/h13-14,17-18,26-27,29,35H,2,4,7-12,15-16,19-22H2,1,3,5-6H3. The molecule has 1 N–H and O–H groups in total. The number of aryl methyl sites for hydroxylation is 1. The van der Waals surface area contributed by atoms with Crippen LogP contribution in [0.1, 0.15) is 103 Å². The maximum atomic E-state index is 12.3. The summed E-state index contributed by atoms with van der Waals surface area (Å²) in [6.45, 7) is 14.4. The first-order valence-corrected chi connectivity index (χ1v) is 14.0. The molecule has 1 atom stereocenters. The van der Waals surface area contributed by atoms with Crippen LogP contribution in [0.3, 0.4) is 0 Å². The van der Waals surface area contributed by atoms with E-state index >= 15 is 0 Å². The van der Waals surface area contributed by atoms with Gasteiger partial charge in [0.1, 0.15) is 0 Å². The minimum absolute atomic E-state index is 0.0116. The van der Waals surface area contributed by atoms with Crippen LogP contribution in [-0.4, -0.2) is 35.9 Å². The SMILES string of the molecule is C=C(C)C(=O)OCC(CCC1CCC(c2ccc(CCCCC)cc2)CC1)COC(=O)C(=C)C(C)(C)O. The summed E-state index contributed by atoms with van der Waals surface area (Å²) in [5, 5.41) is 10.0. The van der Waals surface area contributed by atoms with Gasteiger partial charge in [0.05, 0.1) is 24.4 Å². The number of rotatable bonds is 15. The predicted molar refractivity (Wildman–Crippen MR) is 149 cm³/mol. The highest BCUT2D eigenvalue weighted by Gasteiger charge is 2.27. The molecule has 5 nitrogen and oxygen atoms in total. The fourth-order valence-electron chi connectivity index (χ4n) is 4.85. The Morgan fingerprint density at radius 1 is 1.00 bits per heavy atom. The summed E-state index contributed by atoms with van der Waals surface area (Å²) in [4.78, 5) is 24.2. The van der Waals surface area contributed by atoms with Crippen LogP contribution in [0, 0.1) is 11.8 Å². The lowest BCUT2D eigenvalue weighted by molar-refractivity contribution is -0.145. The minimum atomic E-state index is -1.34. The zero-order valence-corrected chi connectivity index (χ0v) is 23.5. The van der Waals surface area contributed by atoms with Crippen LogP contribution in [0.25, 0.3) is 0 Å². The van der Waals surface area contributed by atoms with Crippen molar-refractivity contribution in [2.75, 3.05) is 13.2 Å². The molecule has 0 heterocycles. The van der Waals surface area contributed by atoms with E-state index in [-0.39, 0.29) is 24.7 Å². The van der Waals surface area contributed by atoms with Crippen LogP contribution in [-0.2, 0) is 25.5 Å². The topological polar surface area (TPSA) is 72.8 Å². The van der Waals surface area contributed by atoms with E-state index in [1.807, 2.05) is 0 Å². The highest BCUT2D eigenvalue weighted by Crippen LogP contribution is 2.38. The van der Waals surface area contributed by atoms with Gasteiger partial charge >= 0.3 is 11.9 Å². The molecular formula is C32H48O5. The lowest BCUT2D eigenvalue weighted by atomic mass is 9.76. The molecule has 1 aromatic rings. The second-order valence-electron chi connectivity index (χ2n) is 11.4. The van der Waals surface area contributed by atoms with Gasteiger partial charge in [0.2, 0.25) is 0 Å². The van der Waals surface area contributed by atoms with Crippen molar-refractivity contribution in [1.82, 2.24) is 0 Å². The first-order chi connectivity index (χ1) is 17.5. The Kier molecular flexibility index (Phi) is 12.6. The zero-order chi connectivity index (χ0) is 27.4. The Hall–Kier alpha value is -2.40. The molecule has 0 amide bonds. The average molecular weight is 513 g/mol. The van der Waals surface area contributed by atoms with Gasteiger partial charge in [0.25, 0.3) is 0 Å². The molecule has 1 aromatic carbocycles. The van der Waals surface area contributed by atoms with Gasteiger partial charge in [0, 0.05) is 11.5 Å². The monoisotopic (exact) mass is 512 g/mol. The molecule has 0 radical (unpaired) electrons.